The first-order valence-corrected chi connectivity index (χ1v) is 8.99. The molecule has 0 aliphatic rings. The molecule has 0 spiro atoms. The quantitative estimate of drug-likeness (QED) is 0.384. The SMILES string of the molecule is c1ccc(-c2cc(-c3ccc4c(c3)sc3ccccc34)ncn2)cc1. The van der Waals surface area contributed by atoms with Gasteiger partial charge in [0.2, 0.25) is 0 Å². The molecular weight excluding hydrogens is 324 g/mol. The first kappa shape index (κ1) is 14.3. The Hall–Kier alpha value is -3.04. The molecular formula is C22H14N2S. The van der Waals surface area contributed by atoms with Gasteiger partial charge in [-0.2, -0.15) is 0 Å². The van der Waals surface area contributed by atoms with Gasteiger partial charge in [0, 0.05) is 31.3 Å². The largest absolute Gasteiger partial charge is 0.236 e. The lowest BCUT2D eigenvalue weighted by Gasteiger charge is -2.04. The Morgan fingerprint density at radius 2 is 1.28 bits per heavy atom. The molecule has 0 saturated carbocycles. The summed E-state index contributed by atoms with van der Waals surface area (Å²) < 4.78 is 2.61. The summed E-state index contributed by atoms with van der Waals surface area (Å²) in [6.07, 6.45) is 1.65. The molecule has 2 aromatic heterocycles. The van der Waals surface area contributed by atoms with Crippen LogP contribution in [0.3, 0.4) is 0 Å². The minimum absolute atomic E-state index is 0.946. The lowest BCUT2D eigenvalue weighted by molar-refractivity contribution is 1.18. The van der Waals surface area contributed by atoms with Crippen LogP contribution >= 0.6 is 11.3 Å². The molecule has 0 unspecified atom stereocenters. The van der Waals surface area contributed by atoms with Crippen LogP contribution in [0.25, 0.3) is 42.7 Å². The van der Waals surface area contributed by atoms with Crippen LogP contribution in [0, 0.1) is 0 Å². The van der Waals surface area contributed by atoms with E-state index in [-0.39, 0.29) is 0 Å². The van der Waals surface area contributed by atoms with Crippen molar-refractivity contribution in [2.45, 2.75) is 0 Å². The van der Waals surface area contributed by atoms with Crippen molar-refractivity contribution < 1.29 is 0 Å². The summed E-state index contributed by atoms with van der Waals surface area (Å²) in [5, 5.41) is 2.63. The highest BCUT2D eigenvalue weighted by atomic mass is 32.1. The van der Waals surface area contributed by atoms with Crippen LogP contribution in [0.5, 0.6) is 0 Å². The zero-order valence-electron chi connectivity index (χ0n) is 13.4. The average Bonchev–Trinajstić information content (AvgIpc) is 3.06. The van der Waals surface area contributed by atoms with E-state index in [2.05, 4.69) is 70.6 Å². The molecule has 2 heterocycles. The third-order valence-electron chi connectivity index (χ3n) is 4.41. The maximum atomic E-state index is 4.49. The van der Waals surface area contributed by atoms with Gasteiger partial charge < -0.3 is 0 Å². The van der Waals surface area contributed by atoms with Gasteiger partial charge in [-0.1, -0.05) is 60.7 Å². The van der Waals surface area contributed by atoms with Crippen molar-refractivity contribution in [1.29, 1.82) is 0 Å². The van der Waals surface area contributed by atoms with Crippen LogP contribution in [0.15, 0.2) is 85.2 Å². The Balaban J connectivity index is 1.64. The van der Waals surface area contributed by atoms with E-state index in [0.717, 1.165) is 22.5 Å². The Bertz CT molecular complexity index is 1190. The molecule has 2 nitrogen and oxygen atoms in total. The van der Waals surface area contributed by atoms with Crippen LogP contribution in [0.1, 0.15) is 0 Å². The van der Waals surface area contributed by atoms with Gasteiger partial charge in [0.05, 0.1) is 11.4 Å². The number of nitrogens with zero attached hydrogens (tertiary/aromatic N) is 2. The van der Waals surface area contributed by atoms with Crippen molar-refractivity contribution in [1.82, 2.24) is 9.97 Å². The smallest absolute Gasteiger partial charge is 0.116 e. The van der Waals surface area contributed by atoms with Crippen LogP contribution < -0.4 is 0 Å². The fourth-order valence-electron chi connectivity index (χ4n) is 3.17. The van der Waals surface area contributed by atoms with E-state index >= 15 is 0 Å². The van der Waals surface area contributed by atoms with Gasteiger partial charge in [0.1, 0.15) is 6.33 Å². The fourth-order valence-corrected chi connectivity index (χ4v) is 4.31. The van der Waals surface area contributed by atoms with Crippen molar-refractivity contribution in [3.05, 3.63) is 85.2 Å². The minimum Gasteiger partial charge on any atom is -0.236 e. The normalized spacial score (nSPS) is 11.2. The highest BCUT2D eigenvalue weighted by Crippen LogP contribution is 2.36. The highest BCUT2D eigenvalue weighted by Gasteiger charge is 2.08. The summed E-state index contributed by atoms with van der Waals surface area (Å²) in [4.78, 5) is 8.91. The fraction of sp³-hybridized carbons (Fsp3) is 0. The Morgan fingerprint density at radius 3 is 2.16 bits per heavy atom. The van der Waals surface area contributed by atoms with Crippen LogP contribution in [0.4, 0.5) is 0 Å². The molecule has 0 fully saturated rings. The molecule has 3 heteroatoms. The van der Waals surface area contributed by atoms with E-state index in [0.29, 0.717) is 0 Å². The van der Waals surface area contributed by atoms with Crippen molar-refractivity contribution in [2.75, 3.05) is 0 Å². The number of hydrogen-bond donors (Lipinski definition) is 0. The predicted molar refractivity (Wildman–Crippen MR) is 106 cm³/mol. The summed E-state index contributed by atoms with van der Waals surface area (Å²) in [5.41, 5.74) is 4.13. The predicted octanol–water partition coefficient (Wildman–Crippen LogP) is 6.18. The molecule has 25 heavy (non-hydrogen) atoms. The third kappa shape index (κ3) is 2.49. The van der Waals surface area contributed by atoms with E-state index in [1.165, 1.54) is 20.2 Å². The molecule has 0 saturated heterocycles. The van der Waals surface area contributed by atoms with Crippen LogP contribution in [0.2, 0.25) is 0 Å². The lowest BCUT2D eigenvalue weighted by atomic mass is 10.1. The second-order valence-corrected chi connectivity index (χ2v) is 7.05. The number of aromatic nitrogens is 2. The Labute approximate surface area is 149 Å². The number of fused-ring (bicyclic) bond motifs is 3. The molecule has 118 valence electrons. The highest BCUT2D eigenvalue weighted by molar-refractivity contribution is 7.25. The first-order valence-electron chi connectivity index (χ1n) is 8.18. The van der Waals surface area contributed by atoms with Gasteiger partial charge in [0.15, 0.2) is 0 Å². The first-order chi connectivity index (χ1) is 12.4. The molecule has 0 aliphatic heterocycles. The zero-order chi connectivity index (χ0) is 16.6. The van der Waals surface area contributed by atoms with Gasteiger partial charge in [-0.05, 0) is 18.2 Å². The maximum Gasteiger partial charge on any atom is 0.116 e. The van der Waals surface area contributed by atoms with Crippen molar-refractivity contribution in [2.24, 2.45) is 0 Å². The number of hydrogen-bond acceptors (Lipinski definition) is 3. The van der Waals surface area contributed by atoms with Crippen molar-refractivity contribution in [3.8, 4) is 22.5 Å². The molecule has 0 bridgehead atoms. The monoisotopic (exact) mass is 338 g/mol. The van der Waals surface area contributed by atoms with E-state index in [1.54, 1.807) is 6.33 Å². The summed E-state index contributed by atoms with van der Waals surface area (Å²) >= 11 is 1.83. The minimum atomic E-state index is 0.946. The van der Waals surface area contributed by atoms with Crippen molar-refractivity contribution in [3.63, 3.8) is 0 Å². The zero-order valence-corrected chi connectivity index (χ0v) is 14.2. The second kappa shape index (κ2) is 5.80. The van der Waals surface area contributed by atoms with E-state index < -0.39 is 0 Å². The van der Waals surface area contributed by atoms with E-state index in [9.17, 15) is 0 Å². The lowest BCUT2D eigenvalue weighted by Crippen LogP contribution is -1.89. The van der Waals surface area contributed by atoms with Gasteiger partial charge in [-0.3, -0.25) is 0 Å². The number of thiophene rings is 1. The van der Waals surface area contributed by atoms with Gasteiger partial charge in [0.25, 0.3) is 0 Å². The Morgan fingerprint density at radius 1 is 0.560 bits per heavy atom. The molecule has 3 aromatic carbocycles. The molecule has 5 rings (SSSR count). The average molecular weight is 338 g/mol. The maximum absolute atomic E-state index is 4.49. The van der Waals surface area contributed by atoms with E-state index in [1.807, 2.05) is 29.5 Å². The Kier molecular flexibility index (Phi) is 3.32. The molecule has 0 aliphatic carbocycles. The van der Waals surface area contributed by atoms with Gasteiger partial charge >= 0.3 is 0 Å². The molecule has 0 amide bonds. The summed E-state index contributed by atoms with van der Waals surface area (Å²) in [6, 6.07) is 27.4. The molecule has 0 radical (unpaired) electrons. The summed E-state index contributed by atoms with van der Waals surface area (Å²) in [7, 11) is 0. The van der Waals surface area contributed by atoms with Gasteiger partial charge in [-0.25, -0.2) is 9.97 Å². The van der Waals surface area contributed by atoms with Crippen molar-refractivity contribution >= 4 is 31.5 Å². The second-order valence-electron chi connectivity index (χ2n) is 5.96. The standard InChI is InChI=1S/C22H14N2S/c1-2-6-15(7-3-1)19-13-20(24-14-23-19)16-10-11-18-17-8-4-5-9-21(17)25-22(18)12-16/h1-14H. The molecule has 0 atom stereocenters. The topological polar surface area (TPSA) is 25.8 Å². The number of rotatable bonds is 2. The molecule has 0 N–H and O–H groups in total. The summed E-state index contributed by atoms with van der Waals surface area (Å²) in [6.45, 7) is 0. The third-order valence-corrected chi connectivity index (χ3v) is 5.54. The summed E-state index contributed by atoms with van der Waals surface area (Å²) in [5.74, 6) is 0. The number of benzene rings is 3. The molecule has 5 aromatic rings. The van der Waals surface area contributed by atoms with Gasteiger partial charge in [-0.15, -0.1) is 11.3 Å². The van der Waals surface area contributed by atoms with Crippen LogP contribution in [-0.2, 0) is 0 Å². The van der Waals surface area contributed by atoms with Crippen LogP contribution in [-0.4, -0.2) is 9.97 Å². The van der Waals surface area contributed by atoms with E-state index in [4.69, 9.17) is 0 Å².